The number of nitrogens with one attached hydrogen (secondary N) is 1. The Hall–Kier alpha value is -0.800. The van der Waals surface area contributed by atoms with Crippen LogP contribution in [0.3, 0.4) is 0 Å². The summed E-state index contributed by atoms with van der Waals surface area (Å²) in [6.07, 6.45) is 2.00. The van der Waals surface area contributed by atoms with Gasteiger partial charge in [0.15, 0.2) is 0 Å². The van der Waals surface area contributed by atoms with Crippen molar-refractivity contribution in [2.45, 2.75) is 38.8 Å². The van der Waals surface area contributed by atoms with Gasteiger partial charge in [-0.2, -0.15) is 0 Å². The van der Waals surface area contributed by atoms with Crippen LogP contribution in [0.15, 0.2) is 12.1 Å². The smallest absolute Gasteiger partial charge is 0.145 e. The molecule has 0 aliphatic carbocycles. The third-order valence-electron chi connectivity index (χ3n) is 3.05. The monoisotopic (exact) mass is 257 g/mol. The second-order valence-corrected chi connectivity index (χ2v) is 4.71. The van der Waals surface area contributed by atoms with Crippen molar-refractivity contribution in [2.75, 3.05) is 6.54 Å². The van der Waals surface area contributed by atoms with E-state index in [9.17, 15) is 4.39 Å². The number of rotatable bonds is 4. The minimum atomic E-state index is -0.420. The highest BCUT2D eigenvalue weighted by atomic mass is 35.5. The van der Waals surface area contributed by atoms with Crippen molar-refractivity contribution in [2.24, 2.45) is 0 Å². The minimum Gasteiger partial charge on any atom is -0.488 e. The summed E-state index contributed by atoms with van der Waals surface area (Å²) in [4.78, 5) is 0. The predicted octanol–water partition coefficient (Wildman–Crippen LogP) is 3.69. The summed E-state index contributed by atoms with van der Waals surface area (Å²) in [7, 11) is 0. The van der Waals surface area contributed by atoms with Crippen LogP contribution in [0.2, 0.25) is 5.02 Å². The van der Waals surface area contributed by atoms with E-state index in [0.717, 1.165) is 24.9 Å². The third-order valence-corrected chi connectivity index (χ3v) is 3.34. The van der Waals surface area contributed by atoms with Crippen LogP contribution < -0.4 is 10.1 Å². The molecule has 1 aromatic carbocycles. The van der Waals surface area contributed by atoms with E-state index in [1.807, 2.05) is 0 Å². The Morgan fingerprint density at radius 3 is 2.82 bits per heavy atom. The first-order valence-electron chi connectivity index (χ1n) is 6.06. The van der Waals surface area contributed by atoms with Crippen molar-refractivity contribution in [3.8, 4) is 5.75 Å². The Labute approximate surface area is 106 Å². The molecule has 1 heterocycles. The molecule has 17 heavy (non-hydrogen) atoms. The number of hydrogen-bond acceptors (Lipinski definition) is 2. The molecule has 0 fully saturated rings. The van der Waals surface area contributed by atoms with Gasteiger partial charge in [0.05, 0.1) is 11.1 Å². The van der Waals surface area contributed by atoms with E-state index in [4.69, 9.17) is 16.3 Å². The van der Waals surface area contributed by atoms with Gasteiger partial charge in [-0.3, -0.25) is 0 Å². The Kier molecular flexibility index (Phi) is 3.89. The summed E-state index contributed by atoms with van der Waals surface area (Å²) in [6.45, 7) is 5.09. The zero-order valence-corrected chi connectivity index (χ0v) is 10.9. The molecular weight excluding hydrogens is 241 g/mol. The van der Waals surface area contributed by atoms with Crippen molar-refractivity contribution in [1.82, 2.24) is 5.32 Å². The molecule has 0 bridgehead atoms. The molecule has 2 rings (SSSR count). The van der Waals surface area contributed by atoms with Gasteiger partial charge in [-0.05, 0) is 25.5 Å². The zero-order chi connectivity index (χ0) is 12.4. The van der Waals surface area contributed by atoms with E-state index >= 15 is 0 Å². The second-order valence-electron chi connectivity index (χ2n) is 4.30. The van der Waals surface area contributed by atoms with E-state index in [-0.39, 0.29) is 17.2 Å². The van der Waals surface area contributed by atoms with E-state index in [0.29, 0.717) is 5.75 Å². The van der Waals surface area contributed by atoms with E-state index in [1.165, 1.54) is 6.07 Å². The van der Waals surface area contributed by atoms with Crippen LogP contribution in [0.5, 0.6) is 5.75 Å². The quantitative estimate of drug-likeness (QED) is 0.888. The molecule has 0 aromatic heterocycles. The number of hydrogen-bond donors (Lipinski definition) is 1. The van der Waals surface area contributed by atoms with E-state index in [2.05, 4.69) is 19.2 Å². The van der Waals surface area contributed by atoms with Gasteiger partial charge in [-0.1, -0.05) is 25.4 Å². The van der Waals surface area contributed by atoms with Gasteiger partial charge in [-0.25, -0.2) is 4.39 Å². The lowest BCUT2D eigenvalue weighted by molar-refractivity contribution is 0.185. The maximum Gasteiger partial charge on any atom is 0.145 e. The number of halogens is 2. The molecule has 1 aromatic rings. The minimum absolute atomic E-state index is 0.0643. The summed E-state index contributed by atoms with van der Waals surface area (Å²) in [5, 5.41) is 3.59. The van der Waals surface area contributed by atoms with E-state index in [1.54, 1.807) is 6.07 Å². The van der Waals surface area contributed by atoms with Gasteiger partial charge in [0.1, 0.15) is 17.7 Å². The standard InChI is InChI=1S/C13H17ClFNO/c1-3-5-16-13-8-6-9(14)10(15)7-12(8)17-11(13)4-2/h6-7,11,13,16H,3-5H2,1-2H3. The lowest BCUT2D eigenvalue weighted by Gasteiger charge is -2.18. The number of fused-ring (bicyclic) bond motifs is 1. The number of ether oxygens (including phenoxy) is 1. The maximum absolute atomic E-state index is 13.4. The van der Waals surface area contributed by atoms with Crippen molar-refractivity contribution in [3.63, 3.8) is 0 Å². The molecule has 0 saturated carbocycles. The van der Waals surface area contributed by atoms with Crippen LogP contribution in [-0.4, -0.2) is 12.6 Å². The predicted molar refractivity (Wildman–Crippen MR) is 67.2 cm³/mol. The molecule has 0 amide bonds. The van der Waals surface area contributed by atoms with Crippen LogP contribution in [0.4, 0.5) is 4.39 Å². The fraction of sp³-hybridized carbons (Fsp3) is 0.538. The molecule has 2 unspecified atom stereocenters. The summed E-state index contributed by atoms with van der Waals surface area (Å²) in [6, 6.07) is 3.18. The third kappa shape index (κ3) is 2.40. The van der Waals surface area contributed by atoms with Crippen molar-refractivity contribution < 1.29 is 9.13 Å². The van der Waals surface area contributed by atoms with Gasteiger partial charge in [0.2, 0.25) is 0 Å². The van der Waals surface area contributed by atoms with Gasteiger partial charge in [0, 0.05) is 11.6 Å². The average Bonchev–Trinajstić information content (AvgIpc) is 2.64. The lowest BCUT2D eigenvalue weighted by Crippen LogP contribution is -2.31. The molecule has 2 nitrogen and oxygen atoms in total. The molecule has 0 saturated heterocycles. The van der Waals surface area contributed by atoms with Crippen molar-refractivity contribution in [3.05, 3.63) is 28.5 Å². The highest BCUT2D eigenvalue weighted by Gasteiger charge is 2.33. The van der Waals surface area contributed by atoms with Crippen LogP contribution in [0, 0.1) is 5.82 Å². The highest BCUT2D eigenvalue weighted by Crippen LogP contribution is 2.40. The molecule has 1 aliphatic rings. The zero-order valence-electron chi connectivity index (χ0n) is 10.1. The average molecular weight is 258 g/mol. The molecule has 2 atom stereocenters. The van der Waals surface area contributed by atoms with Crippen LogP contribution in [0.1, 0.15) is 38.3 Å². The van der Waals surface area contributed by atoms with Gasteiger partial charge < -0.3 is 10.1 Å². The molecule has 4 heteroatoms. The molecule has 0 spiro atoms. The first-order valence-corrected chi connectivity index (χ1v) is 6.44. The Bertz CT molecular complexity index is 411. The van der Waals surface area contributed by atoms with Crippen LogP contribution in [0.25, 0.3) is 0 Å². The fourth-order valence-corrected chi connectivity index (χ4v) is 2.35. The second kappa shape index (κ2) is 5.23. The van der Waals surface area contributed by atoms with Crippen molar-refractivity contribution in [1.29, 1.82) is 0 Å². The topological polar surface area (TPSA) is 21.3 Å². The van der Waals surface area contributed by atoms with Crippen LogP contribution in [-0.2, 0) is 0 Å². The molecule has 94 valence electrons. The highest BCUT2D eigenvalue weighted by molar-refractivity contribution is 6.30. The SMILES string of the molecule is CCCNC1c2cc(Cl)c(F)cc2OC1CC. The molecule has 1 aliphatic heterocycles. The summed E-state index contributed by atoms with van der Waals surface area (Å²) in [5.41, 5.74) is 0.969. The lowest BCUT2D eigenvalue weighted by atomic mass is 10.0. The first kappa shape index (κ1) is 12.7. The van der Waals surface area contributed by atoms with Crippen LogP contribution >= 0.6 is 11.6 Å². The van der Waals surface area contributed by atoms with Gasteiger partial charge >= 0.3 is 0 Å². The van der Waals surface area contributed by atoms with Gasteiger partial charge in [0.25, 0.3) is 0 Å². The van der Waals surface area contributed by atoms with E-state index < -0.39 is 5.82 Å². The first-order chi connectivity index (χ1) is 8.17. The summed E-state index contributed by atoms with van der Waals surface area (Å²) >= 11 is 5.82. The molecule has 1 N–H and O–H groups in total. The normalized spacial score (nSPS) is 22.4. The summed E-state index contributed by atoms with van der Waals surface area (Å²) < 4.78 is 19.1. The Balaban J connectivity index is 2.30. The maximum atomic E-state index is 13.4. The Morgan fingerprint density at radius 2 is 2.18 bits per heavy atom. The van der Waals surface area contributed by atoms with Gasteiger partial charge in [-0.15, -0.1) is 0 Å². The Morgan fingerprint density at radius 1 is 1.41 bits per heavy atom. The summed E-state index contributed by atoms with van der Waals surface area (Å²) in [5.74, 6) is 0.198. The largest absolute Gasteiger partial charge is 0.488 e. The molecule has 0 radical (unpaired) electrons. The molecular formula is C13H17ClFNO. The fourth-order valence-electron chi connectivity index (χ4n) is 2.18. The van der Waals surface area contributed by atoms with Crippen molar-refractivity contribution >= 4 is 11.6 Å². The number of benzene rings is 1.